The zero-order chi connectivity index (χ0) is 19.9. The Morgan fingerprint density at radius 3 is 2.71 bits per heavy atom. The molecule has 2 heterocycles. The molecule has 28 heavy (non-hydrogen) atoms. The summed E-state index contributed by atoms with van der Waals surface area (Å²) in [7, 11) is 0. The summed E-state index contributed by atoms with van der Waals surface area (Å²) in [4.78, 5) is 9.12. The maximum atomic E-state index is 14.1. The van der Waals surface area contributed by atoms with E-state index in [0.29, 0.717) is 11.1 Å². The highest BCUT2D eigenvalue weighted by atomic mass is 19.1. The standard InChI is InChI=1S/C20H25FN6O/c1-3-23-20(24-13-17-5-4-16(12-22)11-19(17)21)27-8-6-26(7-9-27)14-18-10-15(2)28-25-18/h4-5,10-11H,3,6-9,13-14H2,1-2H3,(H,23,24). The topological polar surface area (TPSA) is 80.7 Å². The average Bonchev–Trinajstić information content (AvgIpc) is 3.11. The lowest BCUT2D eigenvalue weighted by atomic mass is 10.1. The van der Waals surface area contributed by atoms with E-state index in [0.717, 1.165) is 56.7 Å². The number of nitrogens with one attached hydrogen (secondary N) is 1. The van der Waals surface area contributed by atoms with Gasteiger partial charge in [0.15, 0.2) is 5.96 Å². The normalized spacial score (nSPS) is 15.5. The van der Waals surface area contributed by atoms with Gasteiger partial charge in [-0.3, -0.25) is 4.90 Å². The van der Waals surface area contributed by atoms with E-state index < -0.39 is 5.82 Å². The lowest BCUT2D eigenvalue weighted by Gasteiger charge is -2.36. The van der Waals surface area contributed by atoms with Gasteiger partial charge in [0.2, 0.25) is 0 Å². The molecule has 7 nitrogen and oxygen atoms in total. The molecule has 8 heteroatoms. The van der Waals surface area contributed by atoms with E-state index in [2.05, 4.69) is 25.3 Å². The minimum atomic E-state index is -0.397. The monoisotopic (exact) mass is 384 g/mol. The summed E-state index contributed by atoms with van der Waals surface area (Å²) >= 11 is 0. The minimum absolute atomic E-state index is 0.234. The fourth-order valence-corrected chi connectivity index (χ4v) is 3.17. The van der Waals surface area contributed by atoms with Crippen LogP contribution in [0.4, 0.5) is 4.39 Å². The van der Waals surface area contributed by atoms with E-state index in [4.69, 9.17) is 9.78 Å². The number of aromatic nitrogens is 1. The summed E-state index contributed by atoms with van der Waals surface area (Å²) in [5.41, 5.74) is 1.74. The van der Waals surface area contributed by atoms with Crippen molar-refractivity contribution in [2.45, 2.75) is 26.9 Å². The summed E-state index contributed by atoms with van der Waals surface area (Å²) in [6.45, 7) is 9.10. The first-order valence-corrected chi connectivity index (χ1v) is 9.45. The van der Waals surface area contributed by atoms with Gasteiger partial charge in [0.25, 0.3) is 0 Å². The molecule has 1 aliphatic heterocycles. The fourth-order valence-electron chi connectivity index (χ4n) is 3.17. The summed E-state index contributed by atoms with van der Waals surface area (Å²) in [6.07, 6.45) is 0. The molecule has 3 rings (SSSR count). The molecule has 1 saturated heterocycles. The number of guanidine groups is 1. The maximum Gasteiger partial charge on any atom is 0.194 e. The summed E-state index contributed by atoms with van der Waals surface area (Å²) in [6, 6.07) is 8.40. The van der Waals surface area contributed by atoms with Crippen molar-refractivity contribution >= 4 is 5.96 Å². The fraction of sp³-hybridized carbons (Fsp3) is 0.450. The predicted octanol–water partition coefficient (Wildman–Crippen LogP) is 2.28. The van der Waals surface area contributed by atoms with Crippen LogP contribution < -0.4 is 5.32 Å². The van der Waals surface area contributed by atoms with E-state index in [-0.39, 0.29) is 6.54 Å². The number of hydrogen-bond donors (Lipinski definition) is 1. The van der Waals surface area contributed by atoms with E-state index in [1.807, 2.05) is 26.0 Å². The quantitative estimate of drug-likeness (QED) is 0.629. The number of nitriles is 1. The van der Waals surface area contributed by atoms with Gasteiger partial charge in [-0.05, 0) is 26.0 Å². The molecule has 0 amide bonds. The van der Waals surface area contributed by atoms with Crippen LogP contribution in [-0.4, -0.2) is 53.6 Å². The largest absolute Gasteiger partial charge is 0.361 e. The van der Waals surface area contributed by atoms with E-state index in [1.165, 1.54) is 6.07 Å². The third-order valence-electron chi connectivity index (χ3n) is 4.65. The molecule has 0 unspecified atom stereocenters. The van der Waals surface area contributed by atoms with Gasteiger partial charge in [0.05, 0.1) is 23.9 Å². The number of aliphatic imine (C=N–C) groups is 1. The van der Waals surface area contributed by atoms with Crippen molar-refractivity contribution in [2.24, 2.45) is 4.99 Å². The first-order chi connectivity index (χ1) is 13.6. The Balaban J connectivity index is 1.59. The average molecular weight is 384 g/mol. The Kier molecular flexibility index (Phi) is 6.61. The van der Waals surface area contributed by atoms with Crippen molar-refractivity contribution in [2.75, 3.05) is 32.7 Å². The second kappa shape index (κ2) is 9.33. The maximum absolute atomic E-state index is 14.1. The molecule has 2 aromatic rings. The van der Waals surface area contributed by atoms with Crippen LogP contribution in [0.25, 0.3) is 0 Å². The molecule has 1 aromatic heterocycles. The molecular weight excluding hydrogens is 359 g/mol. The second-order valence-electron chi connectivity index (χ2n) is 6.78. The zero-order valence-corrected chi connectivity index (χ0v) is 16.3. The highest BCUT2D eigenvalue weighted by Gasteiger charge is 2.20. The first-order valence-electron chi connectivity index (χ1n) is 9.45. The lowest BCUT2D eigenvalue weighted by Crippen LogP contribution is -2.52. The van der Waals surface area contributed by atoms with Crippen LogP contribution in [0.2, 0.25) is 0 Å². The predicted molar refractivity (Wildman–Crippen MR) is 104 cm³/mol. The van der Waals surface area contributed by atoms with Gasteiger partial charge < -0.3 is 14.7 Å². The van der Waals surface area contributed by atoms with Gasteiger partial charge in [-0.1, -0.05) is 11.2 Å². The SMILES string of the molecule is CCNC(=NCc1ccc(C#N)cc1F)N1CCN(Cc2cc(C)on2)CC1. The Bertz CT molecular complexity index is 864. The van der Waals surface area contributed by atoms with Crippen LogP contribution in [0.15, 0.2) is 33.8 Å². The number of benzene rings is 1. The smallest absolute Gasteiger partial charge is 0.194 e. The minimum Gasteiger partial charge on any atom is -0.361 e. The number of aryl methyl sites for hydroxylation is 1. The summed E-state index contributed by atoms with van der Waals surface area (Å²) < 4.78 is 19.2. The first kappa shape index (κ1) is 19.8. The molecule has 0 spiro atoms. The van der Waals surface area contributed by atoms with Crippen molar-refractivity contribution in [3.63, 3.8) is 0 Å². The Morgan fingerprint density at radius 2 is 2.11 bits per heavy atom. The number of halogens is 1. The molecule has 0 atom stereocenters. The van der Waals surface area contributed by atoms with Crippen molar-refractivity contribution in [3.8, 4) is 6.07 Å². The summed E-state index contributed by atoms with van der Waals surface area (Å²) in [5.74, 6) is 1.21. The van der Waals surface area contributed by atoms with Crippen LogP contribution in [-0.2, 0) is 13.1 Å². The van der Waals surface area contributed by atoms with Crippen molar-refractivity contribution in [1.82, 2.24) is 20.3 Å². The van der Waals surface area contributed by atoms with Gasteiger partial charge in [-0.25, -0.2) is 9.38 Å². The molecule has 0 saturated carbocycles. The molecule has 0 bridgehead atoms. The van der Waals surface area contributed by atoms with Gasteiger partial charge in [-0.2, -0.15) is 5.26 Å². The van der Waals surface area contributed by atoms with Gasteiger partial charge in [0, 0.05) is 50.9 Å². The zero-order valence-electron chi connectivity index (χ0n) is 16.3. The molecule has 148 valence electrons. The molecule has 1 aromatic carbocycles. The summed E-state index contributed by atoms with van der Waals surface area (Å²) in [5, 5.41) is 16.2. The number of rotatable bonds is 5. The highest BCUT2D eigenvalue weighted by Crippen LogP contribution is 2.13. The van der Waals surface area contributed by atoms with Crippen LogP contribution in [0.3, 0.4) is 0 Å². The molecule has 0 aliphatic carbocycles. The van der Waals surface area contributed by atoms with E-state index in [1.54, 1.807) is 12.1 Å². The third kappa shape index (κ3) is 5.08. The number of piperazine rings is 1. The number of nitrogens with zero attached hydrogens (tertiary/aromatic N) is 5. The molecule has 1 aliphatic rings. The van der Waals surface area contributed by atoms with Gasteiger partial charge in [-0.15, -0.1) is 0 Å². The van der Waals surface area contributed by atoms with Crippen LogP contribution in [0, 0.1) is 24.1 Å². The molecule has 1 N–H and O–H groups in total. The molecule has 1 fully saturated rings. The Labute approximate surface area is 164 Å². The van der Waals surface area contributed by atoms with Crippen LogP contribution in [0.5, 0.6) is 0 Å². The molecule has 0 radical (unpaired) electrons. The van der Waals surface area contributed by atoms with Crippen molar-refractivity contribution < 1.29 is 8.91 Å². The van der Waals surface area contributed by atoms with Crippen LogP contribution in [0.1, 0.15) is 29.5 Å². The lowest BCUT2D eigenvalue weighted by molar-refractivity contribution is 0.169. The van der Waals surface area contributed by atoms with Crippen LogP contribution >= 0.6 is 0 Å². The van der Waals surface area contributed by atoms with E-state index in [9.17, 15) is 4.39 Å². The van der Waals surface area contributed by atoms with Crippen molar-refractivity contribution in [3.05, 3.63) is 52.7 Å². The van der Waals surface area contributed by atoms with E-state index >= 15 is 0 Å². The molecular formula is C20H25FN6O. The highest BCUT2D eigenvalue weighted by molar-refractivity contribution is 5.80. The Hall–Kier alpha value is -2.92. The number of hydrogen-bond acceptors (Lipinski definition) is 5. The van der Waals surface area contributed by atoms with Crippen molar-refractivity contribution in [1.29, 1.82) is 5.26 Å². The third-order valence-corrected chi connectivity index (χ3v) is 4.65. The van der Waals surface area contributed by atoms with Gasteiger partial charge in [0.1, 0.15) is 11.6 Å². The second-order valence-corrected chi connectivity index (χ2v) is 6.78. The van der Waals surface area contributed by atoms with Gasteiger partial charge >= 0.3 is 0 Å². The Morgan fingerprint density at radius 1 is 1.32 bits per heavy atom.